The zero-order chi connectivity index (χ0) is 12.7. The highest BCUT2D eigenvalue weighted by atomic mass is 35.5. The van der Waals surface area contributed by atoms with E-state index in [-0.39, 0.29) is 0 Å². The molecule has 96 valence electrons. The van der Waals surface area contributed by atoms with Gasteiger partial charge < -0.3 is 9.64 Å². The Labute approximate surface area is 108 Å². The summed E-state index contributed by atoms with van der Waals surface area (Å²) < 4.78 is 5.03. The molecule has 0 aliphatic heterocycles. The van der Waals surface area contributed by atoms with Crippen LogP contribution in [0.2, 0.25) is 5.15 Å². The molecule has 0 saturated carbocycles. The maximum absolute atomic E-state index is 5.99. The van der Waals surface area contributed by atoms with E-state index in [1.54, 1.807) is 13.2 Å². The fourth-order valence-electron chi connectivity index (χ4n) is 1.59. The summed E-state index contributed by atoms with van der Waals surface area (Å²) in [6.45, 7) is 6.59. The van der Waals surface area contributed by atoms with Crippen molar-refractivity contribution in [2.75, 3.05) is 25.1 Å². The van der Waals surface area contributed by atoms with Crippen LogP contribution in [0.1, 0.15) is 32.5 Å². The molecule has 0 radical (unpaired) electrons. The summed E-state index contributed by atoms with van der Waals surface area (Å²) in [4.78, 5) is 10.8. The fourth-order valence-corrected chi connectivity index (χ4v) is 1.79. The number of ether oxygens (including phenoxy) is 1. The van der Waals surface area contributed by atoms with Gasteiger partial charge in [0.1, 0.15) is 17.6 Å². The molecule has 1 aromatic heterocycles. The molecule has 17 heavy (non-hydrogen) atoms. The maximum Gasteiger partial charge on any atom is 0.158 e. The van der Waals surface area contributed by atoms with Crippen LogP contribution >= 0.6 is 11.6 Å². The molecule has 0 aromatic carbocycles. The predicted octanol–water partition coefficient (Wildman–Crippen LogP) is 2.90. The van der Waals surface area contributed by atoms with Crippen LogP contribution in [0.15, 0.2) is 6.07 Å². The summed E-state index contributed by atoms with van der Waals surface area (Å²) in [6, 6.07) is 1.81. The number of anilines is 1. The van der Waals surface area contributed by atoms with E-state index in [2.05, 4.69) is 28.7 Å². The van der Waals surface area contributed by atoms with Gasteiger partial charge in [-0.15, -0.1) is 0 Å². The highest BCUT2D eigenvalue weighted by molar-refractivity contribution is 6.29. The number of methoxy groups -OCH3 is 1. The van der Waals surface area contributed by atoms with Crippen molar-refractivity contribution in [1.82, 2.24) is 9.97 Å². The molecular formula is C12H20ClN3O. The first-order chi connectivity index (χ1) is 8.21. The Morgan fingerprint density at radius 2 is 2.12 bits per heavy atom. The van der Waals surface area contributed by atoms with Crippen molar-refractivity contribution in [3.05, 3.63) is 17.0 Å². The molecule has 0 fully saturated rings. The molecule has 1 heterocycles. The summed E-state index contributed by atoms with van der Waals surface area (Å²) in [5.41, 5.74) is 0. The van der Waals surface area contributed by atoms with Gasteiger partial charge in [0.25, 0.3) is 0 Å². The smallest absolute Gasteiger partial charge is 0.158 e. The number of halogens is 1. The van der Waals surface area contributed by atoms with Crippen molar-refractivity contribution >= 4 is 17.4 Å². The molecule has 0 aliphatic rings. The van der Waals surface area contributed by atoms with Gasteiger partial charge >= 0.3 is 0 Å². The largest absolute Gasteiger partial charge is 0.377 e. The second kappa shape index (κ2) is 7.45. The Bertz CT molecular complexity index is 347. The first-order valence-electron chi connectivity index (χ1n) is 5.98. The number of nitrogens with zero attached hydrogens (tertiary/aromatic N) is 3. The van der Waals surface area contributed by atoms with Gasteiger partial charge in [-0.2, -0.15) is 0 Å². The van der Waals surface area contributed by atoms with Crippen molar-refractivity contribution in [3.63, 3.8) is 0 Å². The average molecular weight is 258 g/mol. The molecule has 1 rings (SSSR count). The molecule has 1 aromatic rings. The Balaban J connectivity index is 2.85. The van der Waals surface area contributed by atoms with Crippen LogP contribution in [-0.2, 0) is 11.3 Å². The lowest BCUT2D eigenvalue weighted by Gasteiger charge is -2.22. The summed E-state index contributed by atoms with van der Waals surface area (Å²) in [5.74, 6) is 1.51. The van der Waals surface area contributed by atoms with Gasteiger partial charge in [0, 0.05) is 26.3 Å². The van der Waals surface area contributed by atoms with E-state index >= 15 is 0 Å². The van der Waals surface area contributed by atoms with Crippen LogP contribution in [0.3, 0.4) is 0 Å². The number of unbranched alkanes of at least 4 members (excludes halogenated alkanes) is 1. The van der Waals surface area contributed by atoms with Gasteiger partial charge in [0.15, 0.2) is 5.82 Å². The van der Waals surface area contributed by atoms with E-state index in [1.807, 2.05) is 0 Å². The number of aromatic nitrogens is 2. The molecule has 0 spiro atoms. The molecule has 0 saturated heterocycles. The third kappa shape index (κ3) is 4.48. The zero-order valence-corrected chi connectivity index (χ0v) is 11.5. The molecule has 0 unspecified atom stereocenters. The van der Waals surface area contributed by atoms with E-state index in [1.165, 1.54) is 6.42 Å². The van der Waals surface area contributed by atoms with E-state index in [0.717, 1.165) is 25.3 Å². The highest BCUT2D eigenvalue weighted by Gasteiger charge is 2.09. The van der Waals surface area contributed by atoms with Gasteiger partial charge in [-0.05, 0) is 13.3 Å². The zero-order valence-electron chi connectivity index (χ0n) is 10.7. The number of rotatable bonds is 7. The summed E-state index contributed by atoms with van der Waals surface area (Å²) in [7, 11) is 1.62. The quantitative estimate of drug-likeness (QED) is 0.704. The van der Waals surface area contributed by atoms with E-state index < -0.39 is 0 Å². The van der Waals surface area contributed by atoms with Crippen LogP contribution in [0.25, 0.3) is 0 Å². The van der Waals surface area contributed by atoms with Crippen LogP contribution in [0, 0.1) is 0 Å². The molecule has 0 atom stereocenters. The second-order valence-electron chi connectivity index (χ2n) is 3.83. The van der Waals surface area contributed by atoms with Gasteiger partial charge in [0.2, 0.25) is 0 Å². The van der Waals surface area contributed by atoms with Crippen LogP contribution in [0.5, 0.6) is 0 Å². The molecule has 0 bridgehead atoms. The minimum Gasteiger partial charge on any atom is -0.377 e. The summed E-state index contributed by atoms with van der Waals surface area (Å²) in [6.07, 6.45) is 2.31. The lowest BCUT2D eigenvalue weighted by atomic mass is 10.3. The Morgan fingerprint density at radius 1 is 1.35 bits per heavy atom. The summed E-state index contributed by atoms with van der Waals surface area (Å²) >= 11 is 5.99. The topological polar surface area (TPSA) is 38.2 Å². The van der Waals surface area contributed by atoms with Crippen molar-refractivity contribution in [3.8, 4) is 0 Å². The Hall–Kier alpha value is -0.870. The van der Waals surface area contributed by atoms with Crippen molar-refractivity contribution < 1.29 is 4.74 Å². The van der Waals surface area contributed by atoms with Gasteiger partial charge in [-0.25, -0.2) is 9.97 Å². The van der Waals surface area contributed by atoms with E-state index in [9.17, 15) is 0 Å². The minimum absolute atomic E-state index is 0.388. The average Bonchev–Trinajstić information content (AvgIpc) is 2.30. The van der Waals surface area contributed by atoms with Crippen molar-refractivity contribution in [2.45, 2.75) is 33.3 Å². The monoisotopic (exact) mass is 257 g/mol. The molecule has 0 aliphatic carbocycles. The summed E-state index contributed by atoms with van der Waals surface area (Å²) in [5, 5.41) is 0.469. The van der Waals surface area contributed by atoms with Gasteiger partial charge in [-0.1, -0.05) is 24.9 Å². The van der Waals surface area contributed by atoms with Crippen molar-refractivity contribution in [1.29, 1.82) is 0 Å². The van der Waals surface area contributed by atoms with Crippen LogP contribution < -0.4 is 4.90 Å². The fraction of sp³-hybridized carbons (Fsp3) is 0.667. The Morgan fingerprint density at radius 3 is 2.71 bits per heavy atom. The minimum atomic E-state index is 0.388. The normalized spacial score (nSPS) is 10.6. The Kier molecular flexibility index (Phi) is 6.22. The lowest BCUT2D eigenvalue weighted by molar-refractivity contribution is 0.178. The van der Waals surface area contributed by atoms with Crippen LogP contribution in [-0.4, -0.2) is 30.2 Å². The molecule has 0 N–H and O–H groups in total. The third-order valence-electron chi connectivity index (χ3n) is 2.49. The van der Waals surface area contributed by atoms with E-state index in [0.29, 0.717) is 17.6 Å². The van der Waals surface area contributed by atoms with Gasteiger partial charge in [0.05, 0.1) is 0 Å². The molecule has 0 amide bonds. The highest BCUT2D eigenvalue weighted by Crippen LogP contribution is 2.17. The van der Waals surface area contributed by atoms with Crippen molar-refractivity contribution in [2.24, 2.45) is 0 Å². The van der Waals surface area contributed by atoms with E-state index in [4.69, 9.17) is 16.3 Å². The number of hydrogen-bond acceptors (Lipinski definition) is 4. The molecule has 4 nitrogen and oxygen atoms in total. The molecule has 5 heteroatoms. The maximum atomic E-state index is 5.99. The SMILES string of the molecule is CCCCN(CC)c1cc(Cl)nc(COC)n1. The predicted molar refractivity (Wildman–Crippen MR) is 70.6 cm³/mol. The number of hydrogen-bond donors (Lipinski definition) is 0. The third-order valence-corrected chi connectivity index (χ3v) is 2.68. The first kappa shape index (κ1) is 14.2. The molecular weight excluding hydrogens is 238 g/mol. The second-order valence-corrected chi connectivity index (χ2v) is 4.22. The first-order valence-corrected chi connectivity index (χ1v) is 6.36. The lowest BCUT2D eigenvalue weighted by Crippen LogP contribution is -2.25. The standard InChI is InChI=1S/C12H20ClN3O/c1-4-6-7-16(5-2)12-8-10(13)14-11(15-12)9-17-3/h8H,4-7,9H2,1-3H3. The van der Waals surface area contributed by atoms with Gasteiger partial charge in [-0.3, -0.25) is 0 Å². The van der Waals surface area contributed by atoms with Crippen LogP contribution in [0.4, 0.5) is 5.82 Å².